The topological polar surface area (TPSA) is 64.5 Å². The van der Waals surface area contributed by atoms with E-state index in [0.29, 0.717) is 11.3 Å². The third-order valence-electron chi connectivity index (χ3n) is 6.39. The number of piperidine rings is 1. The van der Waals surface area contributed by atoms with Gasteiger partial charge in [-0.15, -0.1) is 0 Å². The number of anilines is 1. The number of aryl methyl sites for hydroxylation is 2. The van der Waals surface area contributed by atoms with E-state index in [1.54, 1.807) is 12.4 Å². The number of carbonyl (C=O) groups excluding carboxylic acids is 1. The molecule has 1 fully saturated rings. The highest BCUT2D eigenvalue weighted by molar-refractivity contribution is 5.87. The van der Waals surface area contributed by atoms with E-state index in [-0.39, 0.29) is 11.5 Å². The van der Waals surface area contributed by atoms with Gasteiger partial charge in [-0.05, 0) is 78.4 Å². The Morgan fingerprint density at radius 1 is 1.09 bits per heavy atom. The molecule has 0 spiro atoms. The molecular formula is C28H40FN3O3. The van der Waals surface area contributed by atoms with Crippen LogP contribution in [0.25, 0.3) is 11.1 Å². The summed E-state index contributed by atoms with van der Waals surface area (Å²) in [5.41, 5.74) is 4.29. The van der Waals surface area contributed by atoms with E-state index in [9.17, 15) is 9.18 Å². The number of rotatable bonds is 6. The summed E-state index contributed by atoms with van der Waals surface area (Å²) in [4.78, 5) is 24.3. The Morgan fingerprint density at radius 2 is 1.69 bits per heavy atom. The van der Waals surface area contributed by atoms with Crippen LogP contribution in [-0.4, -0.2) is 40.7 Å². The Hall–Kier alpha value is -2.54. The second-order valence-electron chi connectivity index (χ2n) is 11.6. The number of hydrogen-bond acceptors (Lipinski definition) is 6. The minimum absolute atomic E-state index is 0.240. The molecule has 0 N–H and O–H groups in total. The fourth-order valence-electron chi connectivity index (χ4n) is 4.47. The van der Waals surface area contributed by atoms with Crippen molar-refractivity contribution in [2.45, 2.75) is 93.0 Å². The molecule has 1 aliphatic rings. The minimum Gasteiger partial charge on any atom is -0.461 e. The van der Waals surface area contributed by atoms with Crippen molar-refractivity contribution in [3.05, 3.63) is 41.2 Å². The maximum Gasteiger partial charge on any atom is 0.340 e. The quantitative estimate of drug-likeness (QED) is 0.352. The molecule has 3 rings (SSSR count). The molecule has 0 radical (unpaired) electrons. The second-order valence-corrected chi connectivity index (χ2v) is 11.6. The summed E-state index contributed by atoms with van der Waals surface area (Å²) in [5, 5.41) is 0. The van der Waals surface area contributed by atoms with Crippen LogP contribution in [0.1, 0.15) is 84.2 Å². The maximum atomic E-state index is 13.9. The Labute approximate surface area is 209 Å². The molecule has 192 valence electrons. The predicted molar refractivity (Wildman–Crippen MR) is 137 cm³/mol. The van der Waals surface area contributed by atoms with Crippen molar-refractivity contribution in [1.29, 1.82) is 0 Å². The molecule has 6 nitrogen and oxygen atoms in total. The Balaban J connectivity index is 2.28. The summed E-state index contributed by atoms with van der Waals surface area (Å²) in [6.07, 6.45) is 4.13. The first-order valence-electron chi connectivity index (χ1n) is 12.4. The van der Waals surface area contributed by atoms with E-state index in [4.69, 9.17) is 9.47 Å². The van der Waals surface area contributed by atoms with E-state index in [0.717, 1.165) is 48.3 Å². The van der Waals surface area contributed by atoms with Gasteiger partial charge in [0.2, 0.25) is 5.95 Å². The van der Waals surface area contributed by atoms with Gasteiger partial charge in [-0.3, -0.25) is 4.98 Å². The van der Waals surface area contributed by atoms with Gasteiger partial charge in [-0.25, -0.2) is 9.78 Å². The van der Waals surface area contributed by atoms with Gasteiger partial charge < -0.3 is 14.4 Å². The summed E-state index contributed by atoms with van der Waals surface area (Å²) in [5.74, 6) is -0.966. The molecule has 7 heteroatoms. The average Bonchev–Trinajstić information content (AvgIpc) is 2.71. The fraction of sp³-hybridized carbons (Fsp3) is 0.607. The first kappa shape index (κ1) is 27.1. The zero-order chi connectivity index (χ0) is 26.1. The van der Waals surface area contributed by atoms with Crippen LogP contribution in [0.2, 0.25) is 0 Å². The van der Waals surface area contributed by atoms with Crippen molar-refractivity contribution in [3.63, 3.8) is 0 Å². The van der Waals surface area contributed by atoms with Crippen LogP contribution in [0.5, 0.6) is 0 Å². The molecule has 2 aromatic heterocycles. The molecule has 3 heterocycles. The number of aromatic nitrogens is 2. The average molecular weight is 486 g/mol. The fourth-order valence-corrected chi connectivity index (χ4v) is 4.47. The largest absolute Gasteiger partial charge is 0.461 e. The number of nitrogens with zero attached hydrogens (tertiary/aromatic N) is 3. The Kier molecular flexibility index (Phi) is 7.89. The summed E-state index contributed by atoms with van der Waals surface area (Å²) in [6, 6.07) is 1.42. The zero-order valence-corrected chi connectivity index (χ0v) is 22.7. The second kappa shape index (κ2) is 10.2. The summed E-state index contributed by atoms with van der Waals surface area (Å²) < 4.78 is 25.9. The van der Waals surface area contributed by atoms with Crippen LogP contribution in [0.3, 0.4) is 0 Å². The Bertz CT molecular complexity index is 1070. The van der Waals surface area contributed by atoms with Crippen LogP contribution >= 0.6 is 0 Å². The molecule has 1 unspecified atom stereocenters. The zero-order valence-electron chi connectivity index (χ0n) is 22.7. The normalized spacial score (nSPS) is 16.9. The molecule has 0 amide bonds. The first-order chi connectivity index (χ1) is 16.2. The van der Waals surface area contributed by atoms with Crippen LogP contribution in [0.4, 0.5) is 10.1 Å². The van der Waals surface area contributed by atoms with Gasteiger partial charge in [0.1, 0.15) is 0 Å². The van der Waals surface area contributed by atoms with Crippen molar-refractivity contribution in [2.24, 2.45) is 5.41 Å². The maximum absolute atomic E-state index is 13.9. The van der Waals surface area contributed by atoms with Crippen LogP contribution in [0, 0.1) is 25.2 Å². The van der Waals surface area contributed by atoms with Gasteiger partial charge in [-0.1, -0.05) is 13.8 Å². The monoisotopic (exact) mass is 485 g/mol. The number of halogens is 1. The van der Waals surface area contributed by atoms with Gasteiger partial charge in [0.05, 0.1) is 17.4 Å². The number of carbonyl (C=O) groups is 1. The molecule has 0 aliphatic carbocycles. The molecule has 2 aromatic rings. The summed E-state index contributed by atoms with van der Waals surface area (Å²) >= 11 is 0. The number of pyridine rings is 2. The SMILES string of the molecule is Cc1cc(F)ncc1-c1cnc(C)c(C(OC(C)(C)C)C(=O)OC(C)C)c1N1CCC(C)(C)CC1. The lowest BCUT2D eigenvalue weighted by Crippen LogP contribution is -2.39. The van der Waals surface area contributed by atoms with Crippen LogP contribution < -0.4 is 4.90 Å². The molecular weight excluding hydrogens is 445 g/mol. The van der Waals surface area contributed by atoms with Crippen LogP contribution in [-0.2, 0) is 14.3 Å². The summed E-state index contributed by atoms with van der Waals surface area (Å²) in [6.45, 7) is 19.4. The third-order valence-corrected chi connectivity index (χ3v) is 6.39. The van der Waals surface area contributed by atoms with Crippen molar-refractivity contribution in [3.8, 4) is 11.1 Å². The van der Waals surface area contributed by atoms with Gasteiger partial charge in [0, 0.05) is 47.9 Å². The van der Waals surface area contributed by atoms with Crippen LogP contribution in [0.15, 0.2) is 18.5 Å². The van der Waals surface area contributed by atoms with Crippen molar-refractivity contribution in [1.82, 2.24) is 9.97 Å². The summed E-state index contributed by atoms with van der Waals surface area (Å²) in [7, 11) is 0. The van der Waals surface area contributed by atoms with Crippen molar-refractivity contribution < 1.29 is 18.7 Å². The molecule has 1 saturated heterocycles. The number of esters is 1. The standard InChI is InChI=1S/C28H40FN3O3/c1-17(2)34-26(33)25(35-27(5,6)7)23-19(4)30-16-21(20-15-31-22(29)14-18(20)3)24(23)32-12-10-28(8,9)11-13-32/h14-17,25H,10-13H2,1-9H3. The number of ether oxygens (including phenoxy) is 2. The first-order valence-corrected chi connectivity index (χ1v) is 12.4. The molecule has 0 saturated carbocycles. The lowest BCUT2D eigenvalue weighted by molar-refractivity contribution is -0.171. The van der Waals surface area contributed by atoms with E-state index in [1.807, 2.05) is 48.5 Å². The molecule has 1 aliphatic heterocycles. The van der Waals surface area contributed by atoms with Crippen molar-refractivity contribution in [2.75, 3.05) is 18.0 Å². The number of hydrogen-bond donors (Lipinski definition) is 0. The van der Waals surface area contributed by atoms with Gasteiger partial charge in [-0.2, -0.15) is 4.39 Å². The lowest BCUT2D eigenvalue weighted by Gasteiger charge is -2.41. The predicted octanol–water partition coefficient (Wildman–Crippen LogP) is 6.33. The van der Waals surface area contributed by atoms with E-state index >= 15 is 0 Å². The molecule has 1 atom stereocenters. The Morgan fingerprint density at radius 3 is 2.23 bits per heavy atom. The van der Waals surface area contributed by atoms with E-state index in [1.165, 1.54) is 6.07 Å². The van der Waals surface area contributed by atoms with Gasteiger partial charge >= 0.3 is 5.97 Å². The highest BCUT2D eigenvalue weighted by Crippen LogP contribution is 2.44. The van der Waals surface area contributed by atoms with Gasteiger partial charge in [0.25, 0.3) is 0 Å². The highest BCUT2D eigenvalue weighted by Gasteiger charge is 2.37. The highest BCUT2D eigenvalue weighted by atomic mass is 19.1. The van der Waals surface area contributed by atoms with Crippen molar-refractivity contribution >= 4 is 11.7 Å². The smallest absolute Gasteiger partial charge is 0.340 e. The minimum atomic E-state index is -0.955. The molecule has 0 aromatic carbocycles. The van der Waals surface area contributed by atoms with E-state index in [2.05, 4.69) is 28.7 Å². The lowest BCUT2D eigenvalue weighted by atomic mass is 9.82. The molecule has 0 bridgehead atoms. The van der Waals surface area contributed by atoms with Gasteiger partial charge in [0.15, 0.2) is 6.10 Å². The molecule has 35 heavy (non-hydrogen) atoms. The van der Waals surface area contributed by atoms with E-state index < -0.39 is 23.6 Å². The third kappa shape index (κ3) is 6.57.